The molecule has 1 amide bonds. The number of amides is 1. The Balaban J connectivity index is 0.00000149. The maximum Gasteiger partial charge on any atom is 0.251 e. The molecule has 180 valence electrons. The number of carbonyl (C=O) groups is 1. The molecule has 1 aromatic carbocycles. The highest BCUT2D eigenvalue weighted by Gasteiger charge is 2.39. The van der Waals surface area contributed by atoms with Gasteiger partial charge in [-0.2, -0.15) is 0 Å². The second-order valence-corrected chi connectivity index (χ2v) is 9.22. The predicted octanol–water partition coefficient (Wildman–Crippen LogP) is 5.58. The quantitative estimate of drug-likeness (QED) is 0.593. The first kappa shape index (κ1) is 25.1. The second-order valence-electron chi connectivity index (χ2n) is 9.22. The summed E-state index contributed by atoms with van der Waals surface area (Å²) in [7, 11) is 3.24. The number of ether oxygens (including phenoxy) is 2. The summed E-state index contributed by atoms with van der Waals surface area (Å²) in [6.45, 7) is 10.4. The fraction of sp³-hybridized carbons (Fsp3) is 0.536. The number of piperidine rings is 1. The molecule has 2 saturated heterocycles. The molecule has 33 heavy (non-hydrogen) atoms. The summed E-state index contributed by atoms with van der Waals surface area (Å²) < 4.78 is 10.7. The van der Waals surface area contributed by atoms with Crippen LogP contribution in [0.25, 0.3) is 5.57 Å². The van der Waals surface area contributed by atoms with E-state index in [0.29, 0.717) is 29.5 Å². The van der Waals surface area contributed by atoms with Crippen LogP contribution in [0.4, 0.5) is 0 Å². The van der Waals surface area contributed by atoms with Crippen LogP contribution in [0.1, 0.15) is 59.4 Å². The standard InChI is InChI=1S/C26H34N2O3.C2H6/c1-16(19-8-9-24(30-4)25(14-19)31-5)11-26(29)28-15-20(7-6-18(28)3)21-12-22-10-17(2)23(13-21)27-22;1-2/h6-9,11,14-15,17-18,21-23,27H,10,12-13H2,1-5H3;1-2H3/b16-11+;/t17?,18?,21?,22-,23-;/m1./s1. The Hall–Kier alpha value is -2.53. The Labute approximate surface area is 199 Å². The van der Waals surface area contributed by atoms with Gasteiger partial charge in [0.05, 0.1) is 20.3 Å². The van der Waals surface area contributed by atoms with Crippen molar-refractivity contribution >= 4 is 11.5 Å². The van der Waals surface area contributed by atoms with Crippen molar-refractivity contribution in [1.29, 1.82) is 0 Å². The van der Waals surface area contributed by atoms with E-state index in [1.807, 2.05) is 43.9 Å². The molecule has 0 saturated carbocycles. The molecule has 1 N–H and O–H groups in total. The van der Waals surface area contributed by atoms with Crippen molar-refractivity contribution < 1.29 is 14.3 Å². The van der Waals surface area contributed by atoms with Gasteiger partial charge in [-0.25, -0.2) is 0 Å². The molecule has 3 aliphatic heterocycles. The van der Waals surface area contributed by atoms with E-state index in [4.69, 9.17) is 9.47 Å². The van der Waals surface area contributed by atoms with Crippen molar-refractivity contribution in [2.24, 2.45) is 11.8 Å². The van der Waals surface area contributed by atoms with E-state index < -0.39 is 0 Å². The first-order valence-electron chi connectivity index (χ1n) is 12.3. The summed E-state index contributed by atoms with van der Waals surface area (Å²) in [5, 5.41) is 3.75. The van der Waals surface area contributed by atoms with E-state index in [1.165, 1.54) is 12.0 Å². The third kappa shape index (κ3) is 5.52. The third-order valence-corrected chi connectivity index (χ3v) is 7.10. The molecule has 4 rings (SSSR count). The van der Waals surface area contributed by atoms with Crippen molar-refractivity contribution in [3.8, 4) is 11.5 Å². The molecule has 3 unspecified atom stereocenters. The number of methoxy groups -OCH3 is 2. The van der Waals surface area contributed by atoms with Crippen LogP contribution in [0.3, 0.4) is 0 Å². The van der Waals surface area contributed by atoms with Crippen LogP contribution in [-0.4, -0.2) is 43.2 Å². The maximum absolute atomic E-state index is 13.2. The summed E-state index contributed by atoms with van der Waals surface area (Å²) in [6, 6.07) is 6.99. The molecule has 1 aromatic rings. The van der Waals surface area contributed by atoms with Crippen LogP contribution < -0.4 is 14.8 Å². The Bertz CT molecular complexity index is 931. The summed E-state index contributed by atoms with van der Waals surface area (Å²) in [6.07, 6.45) is 11.8. The van der Waals surface area contributed by atoms with Gasteiger partial charge in [-0.3, -0.25) is 4.79 Å². The van der Waals surface area contributed by atoms with Crippen molar-refractivity contribution in [1.82, 2.24) is 10.2 Å². The van der Waals surface area contributed by atoms with Gasteiger partial charge in [0.15, 0.2) is 11.5 Å². The number of carbonyl (C=O) groups excluding carboxylic acids is 1. The molecule has 5 heteroatoms. The lowest BCUT2D eigenvalue weighted by molar-refractivity contribution is -0.124. The summed E-state index contributed by atoms with van der Waals surface area (Å²) in [5.41, 5.74) is 3.13. The van der Waals surface area contributed by atoms with Gasteiger partial charge >= 0.3 is 0 Å². The first-order valence-corrected chi connectivity index (χ1v) is 12.3. The third-order valence-electron chi connectivity index (χ3n) is 7.10. The first-order chi connectivity index (χ1) is 15.9. The SMILES string of the molecule is CC.COc1ccc(/C(C)=C/C(=O)N2C=C(C3C[C@H]4CC(C)[C@@H](C3)N4)C=CC2C)cc1OC. The van der Waals surface area contributed by atoms with E-state index in [0.717, 1.165) is 29.9 Å². The summed E-state index contributed by atoms with van der Waals surface area (Å²) in [4.78, 5) is 15.1. The van der Waals surface area contributed by atoms with Gasteiger partial charge in [0.1, 0.15) is 0 Å². The van der Waals surface area contributed by atoms with E-state index in [1.54, 1.807) is 20.3 Å². The lowest BCUT2D eigenvalue weighted by atomic mass is 9.84. The van der Waals surface area contributed by atoms with Crippen LogP contribution in [0.5, 0.6) is 11.5 Å². The Morgan fingerprint density at radius 1 is 1.09 bits per heavy atom. The molecular weight excluding hydrogens is 412 g/mol. The number of hydrogen-bond donors (Lipinski definition) is 1. The Kier molecular flexibility index (Phi) is 8.41. The van der Waals surface area contributed by atoms with Crippen LogP contribution in [0.2, 0.25) is 0 Å². The number of benzene rings is 1. The van der Waals surface area contributed by atoms with Crippen molar-refractivity contribution in [3.05, 3.63) is 53.8 Å². The number of rotatable bonds is 5. The molecule has 0 spiro atoms. The molecule has 5 nitrogen and oxygen atoms in total. The van der Waals surface area contributed by atoms with Gasteiger partial charge in [-0.05, 0) is 73.8 Å². The lowest BCUT2D eigenvalue weighted by Crippen LogP contribution is -2.41. The highest BCUT2D eigenvalue weighted by molar-refractivity contribution is 5.96. The largest absolute Gasteiger partial charge is 0.493 e. The highest BCUT2D eigenvalue weighted by Crippen LogP contribution is 2.39. The number of fused-ring (bicyclic) bond motifs is 2. The summed E-state index contributed by atoms with van der Waals surface area (Å²) >= 11 is 0. The molecular formula is C28H40N2O3. The van der Waals surface area contributed by atoms with Gasteiger partial charge in [0, 0.05) is 24.4 Å². The molecule has 0 aromatic heterocycles. The van der Waals surface area contributed by atoms with Gasteiger partial charge in [-0.1, -0.05) is 39.0 Å². The van der Waals surface area contributed by atoms with E-state index >= 15 is 0 Å². The van der Waals surface area contributed by atoms with Crippen LogP contribution in [0, 0.1) is 11.8 Å². The van der Waals surface area contributed by atoms with Gasteiger partial charge < -0.3 is 19.7 Å². The van der Waals surface area contributed by atoms with Crippen molar-refractivity contribution in [2.45, 2.75) is 72.0 Å². The van der Waals surface area contributed by atoms with E-state index in [9.17, 15) is 4.79 Å². The predicted molar refractivity (Wildman–Crippen MR) is 135 cm³/mol. The normalized spacial score (nSPS) is 28.6. The molecule has 5 atom stereocenters. The average molecular weight is 453 g/mol. The monoisotopic (exact) mass is 452 g/mol. The Morgan fingerprint density at radius 3 is 2.48 bits per heavy atom. The lowest BCUT2D eigenvalue weighted by Gasteiger charge is -2.34. The minimum absolute atomic E-state index is 0.00640. The smallest absolute Gasteiger partial charge is 0.251 e. The number of nitrogens with zero attached hydrogens (tertiary/aromatic N) is 1. The number of nitrogens with one attached hydrogen (secondary N) is 1. The van der Waals surface area contributed by atoms with Crippen molar-refractivity contribution in [2.75, 3.05) is 14.2 Å². The summed E-state index contributed by atoms with van der Waals surface area (Å²) in [5.74, 6) is 2.61. The minimum atomic E-state index is 0.00640. The van der Waals surface area contributed by atoms with E-state index in [2.05, 4.69) is 37.5 Å². The van der Waals surface area contributed by atoms with Crippen LogP contribution in [-0.2, 0) is 4.79 Å². The fourth-order valence-electron chi connectivity index (χ4n) is 5.23. The molecule has 0 radical (unpaired) electrons. The van der Waals surface area contributed by atoms with Crippen LogP contribution in [0.15, 0.2) is 48.2 Å². The van der Waals surface area contributed by atoms with Gasteiger partial charge in [-0.15, -0.1) is 0 Å². The van der Waals surface area contributed by atoms with Gasteiger partial charge in [0.25, 0.3) is 5.91 Å². The fourth-order valence-corrected chi connectivity index (χ4v) is 5.23. The van der Waals surface area contributed by atoms with E-state index in [-0.39, 0.29) is 11.9 Å². The molecule has 3 aliphatic rings. The maximum atomic E-state index is 13.2. The zero-order valence-electron chi connectivity index (χ0n) is 21.2. The van der Waals surface area contributed by atoms with Crippen molar-refractivity contribution in [3.63, 3.8) is 0 Å². The number of allylic oxidation sites excluding steroid dienone is 3. The Morgan fingerprint density at radius 2 is 1.82 bits per heavy atom. The topological polar surface area (TPSA) is 50.8 Å². The minimum Gasteiger partial charge on any atom is -0.493 e. The molecule has 0 aliphatic carbocycles. The second kappa shape index (κ2) is 11.1. The van der Waals surface area contributed by atoms with Gasteiger partial charge in [0.2, 0.25) is 0 Å². The van der Waals surface area contributed by atoms with Crippen LogP contribution >= 0.6 is 0 Å². The highest BCUT2D eigenvalue weighted by atomic mass is 16.5. The molecule has 2 bridgehead atoms. The molecule has 2 fully saturated rings. The molecule has 3 heterocycles. The average Bonchev–Trinajstić information content (AvgIpc) is 3.10. The zero-order chi connectivity index (χ0) is 24.1. The number of hydrogen-bond acceptors (Lipinski definition) is 4. The zero-order valence-corrected chi connectivity index (χ0v) is 21.2.